The van der Waals surface area contributed by atoms with E-state index in [-0.39, 0.29) is 0 Å². The van der Waals surface area contributed by atoms with Gasteiger partial charge in [-0.25, -0.2) is 8.98 Å². The Morgan fingerprint density at radius 2 is 2.40 bits per heavy atom. The molecule has 0 saturated carbocycles. The van der Waals surface area contributed by atoms with Gasteiger partial charge in [0, 0.05) is 6.08 Å². The van der Waals surface area contributed by atoms with Crippen LogP contribution in [0, 0.1) is 0 Å². The smallest absolute Gasteiger partial charge is 0.332 e. The van der Waals surface area contributed by atoms with Crippen LogP contribution in [0.25, 0.3) is 0 Å². The molecule has 0 fully saturated rings. The van der Waals surface area contributed by atoms with Gasteiger partial charge in [0.2, 0.25) is 6.79 Å². The van der Waals surface area contributed by atoms with Crippen molar-refractivity contribution in [1.82, 2.24) is 0 Å². The van der Waals surface area contributed by atoms with E-state index in [1.807, 2.05) is 0 Å². The molecule has 0 aliphatic rings. The monoisotopic (exact) mass is 166 g/mol. The fourth-order valence-corrected chi connectivity index (χ4v) is 0.313. The predicted octanol–water partition coefficient (Wildman–Crippen LogP) is -0.174. The number of carbonyl (C=O) groups is 1. The molecule has 0 rings (SSSR count). The summed E-state index contributed by atoms with van der Waals surface area (Å²) >= 11 is -2.40. The molecule has 0 aromatic carbocycles. The Morgan fingerprint density at radius 1 is 1.80 bits per heavy atom. The highest BCUT2D eigenvalue weighted by Gasteiger charge is 1.96. The third kappa shape index (κ3) is 5.42. The molecular weight excluding hydrogens is 160 g/mol. The Bertz CT molecular complexity index is 154. The van der Waals surface area contributed by atoms with Gasteiger partial charge in [0.15, 0.2) is 0 Å². The van der Waals surface area contributed by atoms with Crippen molar-refractivity contribution in [3.63, 3.8) is 0 Å². The molecule has 0 saturated heterocycles. The van der Waals surface area contributed by atoms with Gasteiger partial charge in [0.25, 0.3) is 0 Å². The summed E-state index contributed by atoms with van der Waals surface area (Å²) in [6, 6.07) is 0. The molecule has 0 spiro atoms. The van der Waals surface area contributed by atoms with Gasteiger partial charge in [0.1, 0.15) is 0 Å². The lowest BCUT2D eigenvalue weighted by molar-refractivity contribution is -0.143. The number of hydrogen-bond donors (Lipinski definition) is 1. The third-order valence-electron chi connectivity index (χ3n) is 0.517. The van der Waals surface area contributed by atoms with Crippen molar-refractivity contribution in [2.45, 2.75) is 0 Å². The molecule has 0 aromatic rings. The van der Waals surface area contributed by atoms with E-state index in [9.17, 15) is 9.00 Å². The summed E-state index contributed by atoms with van der Waals surface area (Å²) in [4.78, 5) is 10.2. The summed E-state index contributed by atoms with van der Waals surface area (Å²) in [5.74, 6) is -0.703. The van der Waals surface area contributed by atoms with Gasteiger partial charge in [-0.15, -0.1) is 0 Å². The summed E-state index contributed by atoms with van der Waals surface area (Å²) in [6.07, 6.45) is 0.920. The van der Waals surface area contributed by atoms with Gasteiger partial charge < -0.3 is 4.74 Å². The molecule has 10 heavy (non-hydrogen) atoms. The Morgan fingerprint density at radius 3 is 2.80 bits per heavy atom. The molecule has 0 heterocycles. The molecule has 0 bridgehead atoms. The van der Waals surface area contributed by atoms with E-state index < -0.39 is 24.1 Å². The van der Waals surface area contributed by atoms with E-state index in [1.54, 1.807) is 0 Å². The Balaban J connectivity index is 3.28. The van der Waals surface area contributed by atoms with Crippen LogP contribution in [0.2, 0.25) is 0 Å². The Labute approximate surface area is 60.1 Å². The van der Waals surface area contributed by atoms with Crippen LogP contribution in [0.5, 0.6) is 0 Å². The normalized spacial score (nSPS) is 12.1. The van der Waals surface area contributed by atoms with Crippen molar-refractivity contribution >= 4 is 17.3 Å². The first-order chi connectivity index (χ1) is 4.66. The Hall–Kier alpha value is -0.720. The predicted molar refractivity (Wildman–Crippen MR) is 33.0 cm³/mol. The average molecular weight is 166 g/mol. The fraction of sp³-hybridized carbons (Fsp3) is 0.250. The second kappa shape index (κ2) is 5.10. The third-order valence-corrected chi connectivity index (χ3v) is 0.815. The lowest BCUT2D eigenvalue weighted by Crippen LogP contribution is -2.06. The van der Waals surface area contributed by atoms with E-state index in [1.165, 1.54) is 0 Å². The molecule has 6 heteroatoms. The standard InChI is InChI=1S/C4H6O5S/c1-2-4(5)8-3-9-10(6)7/h2H,1,3H2,(H,6,7). The molecule has 5 nitrogen and oxygen atoms in total. The zero-order valence-electron chi connectivity index (χ0n) is 4.98. The van der Waals surface area contributed by atoms with E-state index >= 15 is 0 Å². The molecule has 0 aliphatic carbocycles. The molecule has 1 atom stereocenters. The second-order valence-corrected chi connectivity index (χ2v) is 1.79. The van der Waals surface area contributed by atoms with Gasteiger partial charge in [0.05, 0.1) is 0 Å². The van der Waals surface area contributed by atoms with Crippen molar-refractivity contribution in [3.8, 4) is 0 Å². The Kier molecular flexibility index (Phi) is 4.73. The van der Waals surface area contributed by atoms with E-state index in [0.29, 0.717) is 0 Å². The second-order valence-electron chi connectivity index (χ2n) is 1.12. The van der Waals surface area contributed by atoms with Crippen LogP contribution < -0.4 is 0 Å². The molecule has 0 radical (unpaired) electrons. The van der Waals surface area contributed by atoms with Gasteiger partial charge in [-0.1, -0.05) is 6.58 Å². The first-order valence-electron chi connectivity index (χ1n) is 2.20. The highest BCUT2D eigenvalue weighted by Crippen LogP contribution is 1.82. The summed E-state index contributed by atoms with van der Waals surface area (Å²) in [7, 11) is 0. The summed E-state index contributed by atoms with van der Waals surface area (Å²) in [5, 5.41) is 0. The molecule has 58 valence electrons. The lowest BCUT2D eigenvalue weighted by atomic mass is 10.7. The molecule has 0 amide bonds. The molecule has 0 aliphatic heterocycles. The number of esters is 1. The number of carbonyl (C=O) groups excluding carboxylic acids is 1. The van der Waals surface area contributed by atoms with Crippen molar-refractivity contribution in [2.75, 3.05) is 6.79 Å². The zero-order chi connectivity index (χ0) is 7.98. The van der Waals surface area contributed by atoms with Crippen LogP contribution in [0.4, 0.5) is 0 Å². The summed E-state index contributed by atoms with van der Waals surface area (Å²) in [6.45, 7) is 2.54. The molecule has 0 aromatic heterocycles. The summed E-state index contributed by atoms with van der Waals surface area (Å²) in [5.41, 5.74) is 0. The van der Waals surface area contributed by atoms with Crippen molar-refractivity contribution in [1.29, 1.82) is 0 Å². The van der Waals surface area contributed by atoms with E-state index in [2.05, 4.69) is 15.5 Å². The van der Waals surface area contributed by atoms with E-state index in [4.69, 9.17) is 4.55 Å². The van der Waals surface area contributed by atoms with Crippen molar-refractivity contribution in [2.24, 2.45) is 0 Å². The first kappa shape index (κ1) is 9.28. The first-order valence-corrected chi connectivity index (χ1v) is 3.23. The van der Waals surface area contributed by atoms with Gasteiger partial charge in [-0.2, -0.15) is 4.21 Å². The van der Waals surface area contributed by atoms with Crippen molar-refractivity contribution < 1.29 is 22.5 Å². The SMILES string of the molecule is C=CC(=O)OCOS(=O)O. The highest BCUT2D eigenvalue weighted by molar-refractivity contribution is 7.74. The maximum Gasteiger partial charge on any atom is 0.332 e. The van der Waals surface area contributed by atoms with Crippen molar-refractivity contribution in [3.05, 3.63) is 12.7 Å². The number of rotatable bonds is 4. The molecular formula is C4H6O5S. The fourth-order valence-electron chi connectivity index (χ4n) is 0.182. The number of ether oxygens (including phenoxy) is 1. The maximum absolute atomic E-state index is 10.2. The minimum atomic E-state index is -2.40. The van der Waals surface area contributed by atoms with E-state index in [0.717, 1.165) is 6.08 Å². The van der Waals surface area contributed by atoms with Gasteiger partial charge in [-0.3, -0.25) is 4.55 Å². The topological polar surface area (TPSA) is 72.8 Å². The highest BCUT2D eigenvalue weighted by atomic mass is 32.2. The van der Waals surface area contributed by atoms with Crippen LogP contribution in [0.15, 0.2) is 12.7 Å². The molecule has 1 unspecified atom stereocenters. The largest absolute Gasteiger partial charge is 0.434 e. The molecule has 1 N–H and O–H groups in total. The van der Waals surface area contributed by atoms with Crippen LogP contribution in [-0.4, -0.2) is 21.5 Å². The minimum absolute atomic E-state index is 0.548. The van der Waals surface area contributed by atoms with Crippen LogP contribution in [0.1, 0.15) is 0 Å². The summed E-state index contributed by atoms with van der Waals surface area (Å²) < 4.78 is 25.8. The van der Waals surface area contributed by atoms with Gasteiger partial charge >= 0.3 is 17.3 Å². The minimum Gasteiger partial charge on any atom is -0.434 e. The van der Waals surface area contributed by atoms with Crippen LogP contribution >= 0.6 is 0 Å². The number of hydrogen-bond acceptors (Lipinski definition) is 4. The van der Waals surface area contributed by atoms with Crippen LogP contribution in [0.3, 0.4) is 0 Å². The zero-order valence-corrected chi connectivity index (χ0v) is 5.80. The maximum atomic E-state index is 10.2. The lowest BCUT2D eigenvalue weighted by Gasteiger charge is -1.97. The quantitative estimate of drug-likeness (QED) is 0.271. The van der Waals surface area contributed by atoms with Gasteiger partial charge in [-0.05, 0) is 0 Å². The average Bonchev–Trinajstić information content (AvgIpc) is 1.87. The van der Waals surface area contributed by atoms with Crippen LogP contribution in [-0.2, 0) is 25.1 Å².